The summed E-state index contributed by atoms with van der Waals surface area (Å²) >= 11 is 0. The number of carbonyl (C=O) groups excluding carboxylic acids is 3. The van der Waals surface area contributed by atoms with Gasteiger partial charge in [0.15, 0.2) is 0 Å². The van der Waals surface area contributed by atoms with E-state index in [9.17, 15) is 19.5 Å². The molecule has 1 spiro atoms. The van der Waals surface area contributed by atoms with E-state index in [4.69, 9.17) is 9.47 Å². The van der Waals surface area contributed by atoms with Gasteiger partial charge in [0.1, 0.15) is 17.4 Å². The van der Waals surface area contributed by atoms with Crippen molar-refractivity contribution in [3.8, 4) is 5.75 Å². The Hall–Kier alpha value is -3.17. The van der Waals surface area contributed by atoms with Gasteiger partial charge in [0, 0.05) is 37.5 Å². The summed E-state index contributed by atoms with van der Waals surface area (Å²) in [7, 11) is 0. The highest BCUT2D eigenvalue weighted by molar-refractivity contribution is 6.04. The normalized spacial score (nSPS) is 30.8. The van der Waals surface area contributed by atoms with Crippen LogP contribution < -0.4 is 9.64 Å². The van der Waals surface area contributed by atoms with Crippen molar-refractivity contribution in [3.05, 3.63) is 48.6 Å². The Morgan fingerprint density at radius 3 is 2.29 bits per heavy atom. The van der Waals surface area contributed by atoms with Crippen molar-refractivity contribution in [2.75, 3.05) is 37.7 Å². The summed E-state index contributed by atoms with van der Waals surface area (Å²) in [5, 5.41) is 9.31. The number of rotatable bonds is 9. The van der Waals surface area contributed by atoms with Crippen LogP contribution in [0.25, 0.3) is 0 Å². The summed E-state index contributed by atoms with van der Waals surface area (Å²) in [6.45, 7) is 11.6. The molecule has 0 aliphatic carbocycles. The van der Waals surface area contributed by atoms with Gasteiger partial charge < -0.3 is 29.3 Å². The number of carbonyl (C=O) groups is 3. The van der Waals surface area contributed by atoms with E-state index in [1.54, 1.807) is 14.7 Å². The van der Waals surface area contributed by atoms with Crippen LogP contribution in [0.5, 0.6) is 5.75 Å². The van der Waals surface area contributed by atoms with Crippen LogP contribution in [0.2, 0.25) is 0 Å². The highest BCUT2D eigenvalue weighted by Gasteiger charge is 2.75. The van der Waals surface area contributed by atoms with Gasteiger partial charge in [0.2, 0.25) is 17.7 Å². The highest BCUT2D eigenvalue weighted by Crippen LogP contribution is 2.59. The maximum absolute atomic E-state index is 14.6. The van der Waals surface area contributed by atoms with Crippen LogP contribution in [0, 0.1) is 11.8 Å². The predicted octanol–water partition coefficient (Wildman–Crippen LogP) is 3.71. The largest absolute Gasteiger partial charge is 0.494 e. The minimum atomic E-state index is -1.27. The molecule has 1 aromatic carbocycles. The van der Waals surface area contributed by atoms with Gasteiger partial charge in [-0.1, -0.05) is 31.2 Å². The van der Waals surface area contributed by atoms with Gasteiger partial charge in [-0.15, -0.1) is 0 Å². The molecular weight excluding hydrogens is 534 g/mol. The summed E-state index contributed by atoms with van der Waals surface area (Å²) in [5.74, 6) is -1.48. The molecule has 1 aromatic rings. The predicted molar refractivity (Wildman–Crippen MR) is 160 cm³/mol. The van der Waals surface area contributed by atoms with Crippen molar-refractivity contribution < 1.29 is 29.0 Å². The van der Waals surface area contributed by atoms with Crippen LogP contribution >= 0.6 is 0 Å². The van der Waals surface area contributed by atoms with Crippen LogP contribution in [0.3, 0.4) is 0 Å². The first-order valence-corrected chi connectivity index (χ1v) is 15.4. The van der Waals surface area contributed by atoms with Crippen LogP contribution in [0.4, 0.5) is 5.69 Å². The third-order valence-electron chi connectivity index (χ3n) is 9.27. The molecular formula is C33H45N3O6. The molecule has 3 amide bonds. The highest BCUT2D eigenvalue weighted by atomic mass is 16.5. The third-order valence-corrected chi connectivity index (χ3v) is 9.27. The van der Waals surface area contributed by atoms with Crippen LogP contribution in [-0.4, -0.2) is 88.3 Å². The van der Waals surface area contributed by atoms with E-state index in [1.165, 1.54) is 0 Å². The molecule has 1 N–H and O–H groups in total. The maximum atomic E-state index is 14.6. The summed E-state index contributed by atoms with van der Waals surface area (Å²) in [6, 6.07) is 6.55. The number of likely N-dealkylation sites (tertiary alicyclic amines) is 1. The Morgan fingerprint density at radius 1 is 0.929 bits per heavy atom. The molecule has 9 nitrogen and oxygen atoms in total. The lowest BCUT2D eigenvalue weighted by atomic mass is 9.73. The molecule has 228 valence electrons. The van der Waals surface area contributed by atoms with Gasteiger partial charge in [0.05, 0.1) is 24.0 Å². The van der Waals surface area contributed by atoms with Crippen molar-refractivity contribution in [2.24, 2.45) is 11.8 Å². The molecule has 9 heteroatoms. The Kier molecular flexibility index (Phi) is 8.29. The van der Waals surface area contributed by atoms with E-state index in [1.807, 2.05) is 83.2 Å². The summed E-state index contributed by atoms with van der Waals surface area (Å²) in [6.07, 6.45) is 10.2. The molecule has 1 unspecified atom stereocenters. The fourth-order valence-corrected chi connectivity index (χ4v) is 7.30. The number of anilines is 1. The third kappa shape index (κ3) is 4.84. The van der Waals surface area contributed by atoms with Gasteiger partial charge in [-0.2, -0.15) is 0 Å². The topological polar surface area (TPSA) is 99.6 Å². The van der Waals surface area contributed by atoms with Crippen molar-refractivity contribution in [2.45, 2.75) is 83.1 Å². The molecule has 42 heavy (non-hydrogen) atoms. The molecule has 4 heterocycles. The van der Waals surface area contributed by atoms with Gasteiger partial charge in [-0.25, -0.2) is 0 Å². The Bertz CT molecular complexity index is 1250. The molecule has 0 bridgehead atoms. The summed E-state index contributed by atoms with van der Waals surface area (Å²) < 4.78 is 12.7. The van der Waals surface area contributed by atoms with Gasteiger partial charge >= 0.3 is 0 Å². The number of ether oxygens (including phenoxy) is 2. The van der Waals surface area contributed by atoms with Crippen molar-refractivity contribution >= 4 is 23.4 Å². The molecule has 4 aliphatic rings. The maximum Gasteiger partial charge on any atom is 0.249 e. The zero-order valence-electron chi connectivity index (χ0n) is 25.5. The Morgan fingerprint density at radius 2 is 1.64 bits per heavy atom. The van der Waals surface area contributed by atoms with Gasteiger partial charge in [-0.05, 0) is 77.6 Å². The lowest BCUT2D eigenvalue weighted by Gasteiger charge is -2.41. The lowest BCUT2D eigenvalue weighted by Crippen LogP contribution is -2.59. The van der Waals surface area contributed by atoms with Crippen LogP contribution in [-0.2, 0) is 19.1 Å². The van der Waals surface area contributed by atoms with E-state index >= 15 is 0 Å². The second kappa shape index (κ2) is 11.5. The number of aliphatic hydroxyl groups is 1. The van der Waals surface area contributed by atoms with Crippen molar-refractivity contribution in [3.63, 3.8) is 0 Å². The number of unbranched alkanes of at least 4 members (excludes halogenated alkanes) is 2. The van der Waals surface area contributed by atoms with Crippen molar-refractivity contribution in [1.29, 1.82) is 0 Å². The van der Waals surface area contributed by atoms with E-state index in [-0.39, 0.29) is 24.3 Å². The fourth-order valence-electron chi connectivity index (χ4n) is 7.30. The van der Waals surface area contributed by atoms with E-state index in [2.05, 4.69) is 0 Å². The second-order valence-corrected chi connectivity index (χ2v) is 12.7. The SMILES string of the molecule is CCOc1ccc(N2CC=C[C@]3(CC)O[C@]45C=CCN(C(C)(C)C)C(=O)C4N(CCCCCO)C(=O)[C@@H]5[C@@H]3C2=O)cc1. The molecule has 2 saturated heterocycles. The second-order valence-electron chi connectivity index (χ2n) is 12.7. The number of benzene rings is 1. The number of fused-ring (bicyclic) bond motifs is 2. The monoisotopic (exact) mass is 579 g/mol. The first-order chi connectivity index (χ1) is 20.0. The molecule has 2 fully saturated rings. The number of nitrogens with zero attached hydrogens (tertiary/aromatic N) is 3. The molecule has 4 aliphatic heterocycles. The first-order valence-electron chi connectivity index (χ1n) is 15.4. The Balaban J connectivity index is 1.59. The minimum absolute atomic E-state index is 0.0792. The molecule has 0 saturated carbocycles. The van der Waals surface area contributed by atoms with Crippen LogP contribution in [0.15, 0.2) is 48.6 Å². The van der Waals surface area contributed by atoms with E-state index in [0.717, 1.165) is 17.9 Å². The number of hydrogen-bond acceptors (Lipinski definition) is 6. The first kappa shape index (κ1) is 30.3. The Labute approximate surface area is 249 Å². The average molecular weight is 580 g/mol. The fraction of sp³-hybridized carbons (Fsp3) is 0.606. The van der Waals surface area contributed by atoms with Crippen molar-refractivity contribution in [1.82, 2.24) is 9.80 Å². The van der Waals surface area contributed by atoms with Gasteiger partial charge in [-0.3, -0.25) is 14.4 Å². The quantitative estimate of drug-likeness (QED) is 0.354. The summed E-state index contributed by atoms with van der Waals surface area (Å²) in [4.78, 5) is 48.8. The zero-order valence-corrected chi connectivity index (χ0v) is 25.5. The lowest BCUT2D eigenvalue weighted by molar-refractivity contribution is -0.155. The molecule has 5 atom stereocenters. The molecule has 0 radical (unpaired) electrons. The number of aliphatic hydroxyl groups excluding tert-OH is 1. The molecule has 5 rings (SSSR count). The average Bonchev–Trinajstić information content (AvgIpc) is 3.23. The van der Waals surface area contributed by atoms with Crippen LogP contribution in [0.1, 0.15) is 60.3 Å². The van der Waals surface area contributed by atoms with E-state index < -0.39 is 34.6 Å². The smallest absolute Gasteiger partial charge is 0.249 e. The van der Waals surface area contributed by atoms with Gasteiger partial charge in [0.25, 0.3) is 0 Å². The van der Waals surface area contributed by atoms with E-state index in [0.29, 0.717) is 45.5 Å². The minimum Gasteiger partial charge on any atom is -0.494 e. The molecule has 0 aromatic heterocycles. The number of hydrogen-bond donors (Lipinski definition) is 1. The summed E-state index contributed by atoms with van der Waals surface area (Å²) in [5.41, 5.74) is -2.05. The number of amides is 3. The zero-order chi connectivity index (χ0) is 30.3. The standard InChI is InChI=1S/C33H45N3O6/c1-6-32-17-11-20-34(23-13-15-24(16-14-23)41-7-2)28(38)25(32)26-29(39)35(19-9-8-10-22-37)27-30(40)36(31(3,4)5)21-12-18-33(26,27)42-32/h11-18,25-27,37H,6-10,19-22H2,1-5H3/t25-,26+,27?,32+,33+/m1/s1.